The number of phenols is 2. The highest BCUT2D eigenvalue weighted by Crippen LogP contribution is 2.30. The summed E-state index contributed by atoms with van der Waals surface area (Å²) in [6.45, 7) is 8.45. The topological polar surface area (TPSA) is 205 Å². The molecule has 43 heavy (non-hydrogen) atoms. The van der Waals surface area contributed by atoms with Crippen molar-refractivity contribution in [3.05, 3.63) is 64.1 Å². The summed E-state index contributed by atoms with van der Waals surface area (Å²) >= 11 is 0. The van der Waals surface area contributed by atoms with Gasteiger partial charge in [0.25, 0.3) is 5.56 Å². The Kier molecular flexibility index (Phi) is 9.86. The number of nitrogens with two attached hydrogens (primary N) is 1. The summed E-state index contributed by atoms with van der Waals surface area (Å²) in [5.41, 5.74) is 5.67. The number of carbonyl (C=O) groups excluding carboxylic acids is 2. The molecule has 7 N–H and O–H groups in total. The largest absolute Gasteiger partial charge is 0.508 e. The SMILES string of the molecule is CC(C)Nc1ncc(-c2cc(O)cc(N(C)C(=O)OC(C)(C)C)c2)n(CC(=O)NCc2ccc(/C(N)=N/O)c(O)c2)c1=O. The number of carbonyl (C=O) groups is 2. The molecule has 0 bridgehead atoms. The lowest BCUT2D eigenvalue weighted by atomic mass is 10.1. The maximum absolute atomic E-state index is 13.5. The van der Waals surface area contributed by atoms with Crippen LogP contribution in [0, 0.1) is 0 Å². The van der Waals surface area contributed by atoms with Crippen LogP contribution in [0.25, 0.3) is 11.3 Å². The maximum Gasteiger partial charge on any atom is 0.414 e. The minimum absolute atomic E-state index is 0.00602. The number of phenolic OH excluding ortho intramolecular Hbond substituents is 2. The Hall–Kier alpha value is -5.27. The van der Waals surface area contributed by atoms with E-state index in [1.165, 1.54) is 47.0 Å². The first-order valence-corrected chi connectivity index (χ1v) is 13.3. The second-order valence-electron chi connectivity index (χ2n) is 11.1. The highest BCUT2D eigenvalue weighted by molar-refractivity contribution is 5.99. The van der Waals surface area contributed by atoms with Gasteiger partial charge in [-0.15, -0.1) is 0 Å². The van der Waals surface area contributed by atoms with Gasteiger partial charge in [0.1, 0.15) is 23.6 Å². The zero-order valence-electron chi connectivity index (χ0n) is 24.9. The van der Waals surface area contributed by atoms with Crippen LogP contribution in [0.15, 0.2) is 52.5 Å². The normalized spacial score (nSPS) is 11.7. The van der Waals surface area contributed by atoms with E-state index in [0.29, 0.717) is 11.1 Å². The molecule has 14 heteroatoms. The molecule has 0 aliphatic carbocycles. The number of aromatic nitrogens is 2. The fourth-order valence-corrected chi connectivity index (χ4v) is 3.98. The molecular weight excluding hydrogens is 558 g/mol. The van der Waals surface area contributed by atoms with Gasteiger partial charge in [0.15, 0.2) is 11.7 Å². The number of hydrogen-bond donors (Lipinski definition) is 6. The van der Waals surface area contributed by atoms with E-state index in [4.69, 9.17) is 15.7 Å². The molecule has 0 aliphatic rings. The van der Waals surface area contributed by atoms with E-state index >= 15 is 0 Å². The molecule has 0 saturated heterocycles. The van der Waals surface area contributed by atoms with Crippen LogP contribution in [0.3, 0.4) is 0 Å². The van der Waals surface area contributed by atoms with Crippen LogP contribution >= 0.6 is 0 Å². The van der Waals surface area contributed by atoms with Crippen molar-refractivity contribution in [2.75, 3.05) is 17.3 Å². The highest BCUT2D eigenvalue weighted by atomic mass is 16.6. The van der Waals surface area contributed by atoms with Gasteiger partial charge in [-0.3, -0.25) is 19.1 Å². The van der Waals surface area contributed by atoms with Gasteiger partial charge in [-0.25, -0.2) is 9.78 Å². The van der Waals surface area contributed by atoms with Crippen LogP contribution < -0.4 is 26.8 Å². The fraction of sp³-hybridized carbons (Fsp3) is 0.345. The Labute approximate surface area is 248 Å². The van der Waals surface area contributed by atoms with Gasteiger partial charge in [-0.1, -0.05) is 11.2 Å². The fourth-order valence-electron chi connectivity index (χ4n) is 3.98. The first-order valence-electron chi connectivity index (χ1n) is 13.3. The number of benzene rings is 2. The van der Waals surface area contributed by atoms with Crippen LogP contribution in [-0.2, 0) is 22.6 Å². The molecular formula is C29H37N7O7. The van der Waals surface area contributed by atoms with Crippen molar-refractivity contribution >= 4 is 29.3 Å². The van der Waals surface area contributed by atoms with Gasteiger partial charge in [0.2, 0.25) is 5.91 Å². The molecule has 1 heterocycles. The molecule has 2 aromatic carbocycles. The number of ether oxygens (including phenoxy) is 1. The predicted molar refractivity (Wildman–Crippen MR) is 161 cm³/mol. The summed E-state index contributed by atoms with van der Waals surface area (Å²) in [5, 5.41) is 38.0. The van der Waals surface area contributed by atoms with Crippen molar-refractivity contribution in [3.8, 4) is 22.8 Å². The minimum atomic E-state index is -0.746. The molecule has 2 amide bonds. The molecule has 1 aromatic heterocycles. The Morgan fingerprint density at radius 3 is 2.47 bits per heavy atom. The number of amidine groups is 1. The average Bonchev–Trinajstić information content (AvgIpc) is 2.91. The number of nitrogens with one attached hydrogen (secondary N) is 2. The number of anilines is 2. The second-order valence-corrected chi connectivity index (χ2v) is 11.1. The van der Waals surface area contributed by atoms with Crippen molar-refractivity contribution in [1.29, 1.82) is 0 Å². The minimum Gasteiger partial charge on any atom is -0.508 e. The quantitative estimate of drug-likeness (QED) is 0.0923. The lowest BCUT2D eigenvalue weighted by Gasteiger charge is -2.25. The smallest absolute Gasteiger partial charge is 0.414 e. The molecule has 3 aromatic rings. The van der Waals surface area contributed by atoms with E-state index < -0.39 is 29.7 Å². The van der Waals surface area contributed by atoms with Crippen molar-refractivity contribution in [2.24, 2.45) is 10.9 Å². The zero-order chi connectivity index (χ0) is 32.1. The Morgan fingerprint density at radius 2 is 1.86 bits per heavy atom. The second kappa shape index (κ2) is 13.1. The Bertz CT molecular complexity index is 1590. The third-order valence-corrected chi connectivity index (χ3v) is 5.97. The summed E-state index contributed by atoms with van der Waals surface area (Å²) in [6, 6.07) is 8.58. The van der Waals surface area contributed by atoms with E-state index in [1.54, 1.807) is 32.9 Å². The van der Waals surface area contributed by atoms with E-state index in [1.807, 2.05) is 13.8 Å². The van der Waals surface area contributed by atoms with Crippen LogP contribution in [-0.4, -0.2) is 61.5 Å². The van der Waals surface area contributed by atoms with Gasteiger partial charge in [0.05, 0.1) is 23.1 Å². The van der Waals surface area contributed by atoms with Crippen LogP contribution in [0.1, 0.15) is 45.7 Å². The zero-order valence-corrected chi connectivity index (χ0v) is 24.9. The van der Waals surface area contributed by atoms with Crippen molar-refractivity contribution in [2.45, 2.75) is 59.4 Å². The monoisotopic (exact) mass is 595 g/mol. The highest BCUT2D eigenvalue weighted by Gasteiger charge is 2.23. The molecule has 0 unspecified atom stereocenters. The number of aromatic hydroxyl groups is 2. The summed E-state index contributed by atoms with van der Waals surface area (Å²) in [4.78, 5) is 44.7. The lowest BCUT2D eigenvalue weighted by Crippen LogP contribution is -2.35. The third kappa shape index (κ3) is 8.38. The van der Waals surface area contributed by atoms with Gasteiger partial charge in [-0.2, -0.15) is 0 Å². The Morgan fingerprint density at radius 1 is 1.16 bits per heavy atom. The third-order valence-electron chi connectivity index (χ3n) is 5.97. The predicted octanol–water partition coefficient (Wildman–Crippen LogP) is 2.92. The maximum atomic E-state index is 13.5. The van der Waals surface area contributed by atoms with Crippen LogP contribution in [0.2, 0.25) is 0 Å². The Balaban J connectivity index is 1.95. The van der Waals surface area contributed by atoms with E-state index in [2.05, 4.69) is 20.8 Å². The molecule has 230 valence electrons. The van der Waals surface area contributed by atoms with Gasteiger partial charge in [0, 0.05) is 31.3 Å². The molecule has 0 atom stereocenters. The molecule has 0 radical (unpaired) electrons. The molecule has 0 fully saturated rings. The number of oxime groups is 1. The summed E-state index contributed by atoms with van der Waals surface area (Å²) < 4.78 is 6.63. The van der Waals surface area contributed by atoms with Gasteiger partial charge < -0.3 is 36.5 Å². The van der Waals surface area contributed by atoms with Crippen LogP contribution in [0.4, 0.5) is 16.3 Å². The van der Waals surface area contributed by atoms with E-state index in [-0.39, 0.29) is 52.7 Å². The number of nitrogens with zero attached hydrogens (tertiary/aromatic N) is 4. The van der Waals surface area contributed by atoms with E-state index in [0.717, 1.165) is 0 Å². The molecule has 3 rings (SSSR count). The first-order chi connectivity index (χ1) is 20.1. The lowest BCUT2D eigenvalue weighted by molar-refractivity contribution is -0.121. The summed E-state index contributed by atoms with van der Waals surface area (Å²) in [6.07, 6.45) is 0.746. The molecule has 0 aliphatic heterocycles. The van der Waals surface area contributed by atoms with Crippen molar-refractivity contribution < 1.29 is 29.7 Å². The number of hydrogen-bond acceptors (Lipinski definition) is 10. The standard InChI is InChI=1S/C29H37N7O7/c1-16(2)33-26-27(40)36(15-24(39)31-13-17-7-8-21(23(38)9-17)25(30)34-42)22(14-32-26)18-10-19(12-20(37)11-18)35(6)28(41)43-29(3,4)5/h7-12,14,16,37-38,42H,13,15H2,1-6H3,(H2,30,34)(H,31,39)(H,32,33). The molecule has 0 saturated carbocycles. The number of amides is 2. The summed E-state index contributed by atoms with van der Waals surface area (Å²) in [5.74, 6) is -1.20. The summed E-state index contributed by atoms with van der Waals surface area (Å²) in [7, 11) is 1.48. The molecule has 14 nitrogen and oxygen atoms in total. The van der Waals surface area contributed by atoms with E-state index in [9.17, 15) is 24.6 Å². The first kappa shape index (κ1) is 32.2. The van der Waals surface area contributed by atoms with Crippen molar-refractivity contribution in [3.63, 3.8) is 0 Å². The average molecular weight is 596 g/mol. The van der Waals surface area contributed by atoms with Gasteiger partial charge >= 0.3 is 6.09 Å². The van der Waals surface area contributed by atoms with Gasteiger partial charge in [-0.05, 0) is 64.4 Å². The number of rotatable bonds is 9. The molecule has 0 spiro atoms. The van der Waals surface area contributed by atoms with Crippen molar-refractivity contribution in [1.82, 2.24) is 14.9 Å². The van der Waals surface area contributed by atoms with Crippen LogP contribution in [0.5, 0.6) is 11.5 Å².